The van der Waals surface area contributed by atoms with Crippen molar-refractivity contribution in [1.82, 2.24) is 9.78 Å². The smallest absolute Gasteiger partial charge is 0.379 e. The van der Waals surface area contributed by atoms with Crippen LogP contribution >= 0.6 is 0 Å². The van der Waals surface area contributed by atoms with Crippen molar-refractivity contribution in [2.75, 3.05) is 7.11 Å². The minimum atomic E-state index is -4.01. The Bertz CT molecular complexity index is 1080. The molecule has 1 N–H and O–H groups in total. The van der Waals surface area contributed by atoms with Crippen LogP contribution < -0.4 is 4.74 Å². The highest BCUT2D eigenvalue weighted by molar-refractivity contribution is 5.85. The number of halogens is 2. The molecular weight excluding hydrogens is 356 g/mol. The van der Waals surface area contributed by atoms with Gasteiger partial charge in [0.1, 0.15) is 5.75 Å². The van der Waals surface area contributed by atoms with E-state index in [1.54, 1.807) is 25.1 Å². The summed E-state index contributed by atoms with van der Waals surface area (Å²) in [5.41, 5.74) is 1.25. The Labute approximate surface area is 153 Å². The molecule has 0 amide bonds. The number of benzene rings is 2. The summed E-state index contributed by atoms with van der Waals surface area (Å²) in [6, 6.07) is 10.7. The van der Waals surface area contributed by atoms with E-state index in [0.717, 1.165) is 12.1 Å². The van der Waals surface area contributed by atoms with Crippen LogP contribution in [0.3, 0.4) is 0 Å². The number of carbonyl (C=O) groups is 1. The quantitative estimate of drug-likeness (QED) is 0.742. The molecule has 27 heavy (non-hydrogen) atoms. The van der Waals surface area contributed by atoms with E-state index in [4.69, 9.17) is 9.84 Å². The molecule has 8 heteroatoms. The van der Waals surface area contributed by atoms with Crippen molar-refractivity contribution in [1.29, 1.82) is 5.26 Å². The molecule has 3 aromatic rings. The first-order valence-electron chi connectivity index (χ1n) is 7.94. The third-order valence-electron chi connectivity index (χ3n) is 4.35. The molecule has 0 atom stereocenters. The van der Waals surface area contributed by atoms with Gasteiger partial charge in [-0.2, -0.15) is 19.1 Å². The van der Waals surface area contributed by atoms with E-state index in [-0.39, 0.29) is 6.54 Å². The molecule has 0 aliphatic heterocycles. The summed E-state index contributed by atoms with van der Waals surface area (Å²) in [6.45, 7) is 1.83. The number of carboxylic acids is 1. The lowest BCUT2D eigenvalue weighted by molar-refractivity contribution is -0.166. The van der Waals surface area contributed by atoms with Crippen LogP contribution in [0.1, 0.15) is 22.4 Å². The molecule has 3 rings (SSSR count). The summed E-state index contributed by atoms with van der Waals surface area (Å²) >= 11 is 0. The van der Waals surface area contributed by atoms with Crippen LogP contribution in [0.4, 0.5) is 8.78 Å². The van der Waals surface area contributed by atoms with Crippen LogP contribution in [0.15, 0.2) is 36.4 Å². The average molecular weight is 371 g/mol. The Morgan fingerprint density at radius 2 is 2.11 bits per heavy atom. The highest BCUT2D eigenvalue weighted by Crippen LogP contribution is 2.32. The summed E-state index contributed by atoms with van der Waals surface area (Å²) in [6.07, 6.45) is 0. The van der Waals surface area contributed by atoms with E-state index in [0.29, 0.717) is 33.5 Å². The van der Waals surface area contributed by atoms with Crippen LogP contribution in [0, 0.1) is 18.3 Å². The lowest BCUT2D eigenvalue weighted by Crippen LogP contribution is -2.25. The van der Waals surface area contributed by atoms with Gasteiger partial charge in [0.15, 0.2) is 0 Å². The van der Waals surface area contributed by atoms with E-state index in [1.165, 1.54) is 17.9 Å². The fourth-order valence-electron chi connectivity index (χ4n) is 2.95. The standard InChI is InChI=1S/C19H15F2N3O3/c1-11-14-7-6-13(19(20,21)18(25)26)8-16(14)24(23-11)10-15-12(9-22)4-3-5-17(15)27-2/h3-8H,10H2,1-2H3,(H,25,26). The van der Waals surface area contributed by atoms with Crippen molar-refractivity contribution < 1.29 is 23.4 Å². The van der Waals surface area contributed by atoms with Crippen molar-refractivity contribution in [3.8, 4) is 11.8 Å². The minimum absolute atomic E-state index is 0.110. The number of aryl methyl sites for hydroxylation is 1. The van der Waals surface area contributed by atoms with Gasteiger partial charge in [0.25, 0.3) is 0 Å². The number of nitriles is 1. The first kappa shape index (κ1) is 18.3. The molecule has 1 heterocycles. The Balaban J connectivity index is 2.17. The molecule has 0 bridgehead atoms. The van der Waals surface area contributed by atoms with Crippen molar-refractivity contribution in [2.45, 2.75) is 19.4 Å². The van der Waals surface area contributed by atoms with Crippen LogP contribution in [0.5, 0.6) is 5.75 Å². The van der Waals surface area contributed by atoms with E-state index < -0.39 is 17.5 Å². The van der Waals surface area contributed by atoms with Gasteiger partial charge in [0, 0.05) is 16.5 Å². The Hall–Kier alpha value is -3.47. The first-order valence-corrected chi connectivity index (χ1v) is 7.94. The van der Waals surface area contributed by atoms with Crippen molar-refractivity contribution in [3.05, 3.63) is 58.8 Å². The zero-order valence-corrected chi connectivity index (χ0v) is 14.5. The Morgan fingerprint density at radius 3 is 2.74 bits per heavy atom. The molecule has 0 radical (unpaired) electrons. The monoisotopic (exact) mass is 371 g/mol. The van der Waals surface area contributed by atoms with Gasteiger partial charge in [0.2, 0.25) is 0 Å². The van der Waals surface area contributed by atoms with Gasteiger partial charge < -0.3 is 9.84 Å². The van der Waals surface area contributed by atoms with Gasteiger partial charge >= 0.3 is 11.9 Å². The van der Waals surface area contributed by atoms with Gasteiger partial charge in [-0.3, -0.25) is 4.68 Å². The molecule has 0 saturated carbocycles. The van der Waals surface area contributed by atoms with E-state index in [9.17, 15) is 18.8 Å². The largest absolute Gasteiger partial charge is 0.496 e. The normalized spacial score (nSPS) is 11.4. The molecule has 0 fully saturated rings. The van der Waals surface area contributed by atoms with Crippen LogP contribution in [0.25, 0.3) is 10.9 Å². The van der Waals surface area contributed by atoms with Gasteiger partial charge in [-0.05, 0) is 25.1 Å². The van der Waals surface area contributed by atoms with Crippen molar-refractivity contribution >= 4 is 16.9 Å². The van der Waals surface area contributed by atoms with E-state index in [2.05, 4.69) is 11.2 Å². The highest BCUT2D eigenvalue weighted by atomic mass is 19.3. The minimum Gasteiger partial charge on any atom is -0.496 e. The van der Waals surface area contributed by atoms with Crippen LogP contribution in [-0.4, -0.2) is 28.0 Å². The number of carboxylic acid groups (broad SMARTS) is 1. The molecule has 6 nitrogen and oxygen atoms in total. The summed E-state index contributed by atoms with van der Waals surface area (Å²) < 4.78 is 34.6. The van der Waals surface area contributed by atoms with Crippen LogP contribution in [0.2, 0.25) is 0 Å². The Kier molecular flexibility index (Phi) is 4.54. The maximum atomic E-state index is 13.9. The Morgan fingerprint density at radius 1 is 1.37 bits per heavy atom. The fraction of sp³-hybridized carbons (Fsp3) is 0.211. The maximum absolute atomic E-state index is 13.9. The van der Waals surface area contributed by atoms with Gasteiger partial charge in [-0.1, -0.05) is 18.2 Å². The van der Waals surface area contributed by atoms with Crippen molar-refractivity contribution in [2.24, 2.45) is 0 Å². The molecule has 0 unspecified atom stereocenters. The number of rotatable bonds is 5. The third kappa shape index (κ3) is 3.08. The number of ether oxygens (including phenoxy) is 1. The molecule has 0 aliphatic rings. The summed E-state index contributed by atoms with van der Waals surface area (Å²) in [7, 11) is 1.47. The zero-order valence-electron chi connectivity index (χ0n) is 14.5. The molecule has 0 aliphatic carbocycles. The number of methoxy groups -OCH3 is 1. The summed E-state index contributed by atoms with van der Waals surface area (Å²) in [5, 5.41) is 23.1. The second-order valence-corrected chi connectivity index (χ2v) is 5.95. The molecule has 2 aromatic carbocycles. The number of alkyl halides is 2. The zero-order chi connectivity index (χ0) is 19.8. The fourth-order valence-corrected chi connectivity index (χ4v) is 2.95. The van der Waals surface area contributed by atoms with Crippen molar-refractivity contribution in [3.63, 3.8) is 0 Å². The summed E-state index contributed by atoms with van der Waals surface area (Å²) in [4.78, 5) is 10.9. The predicted octanol–water partition coefficient (Wildman–Crippen LogP) is 3.45. The number of fused-ring (bicyclic) bond motifs is 1. The number of aliphatic carboxylic acids is 1. The van der Waals surface area contributed by atoms with Gasteiger partial charge in [-0.15, -0.1) is 0 Å². The molecular formula is C19H15F2N3O3. The van der Waals surface area contributed by atoms with E-state index in [1.807, 2.05) is 0 Å². The second kappa shape index (κ2) is 6.68. The highest BCUT2D eigenvalue weighted by Gasteiger charge is 2.41. The van der Waals surface area contributed by atoms with E-state index >= 15 is 0 Å². The number of nitrogens with zero attached hydrogens (tertiary/aromatic N) is 3. The summed E-state index contributed by atoms with van der Waals surface area (Å²) in [5.74, 6) is -5.76. The molecule has 1 aromatic heterocycles. The SMILES string of the molecule is COc1cccc(C#N)c1Cn1nc(C)c2ccc(C(F)(F)C(=O)O)cc21. The lowest BCUT2D eigenvalue weighted by Gasteiger charge is -2.13. The van der Waals surface area contributed by atoms with Crippen LogP contribution in [-0.2, 0) is 17.3 Å². The lowest BCUT2D eigenvalue weighted by atomic mass is 10.1. The first-order chi connectivity index (χ1) is 12.8. The predicted molar refractivity (Wildman–Crippen MR) is 92.8 cm³/mol. The third-order valence-corrected chi connectivity index (χ3v) is 4.35. The molecule has 0 spiro atoms. The topological polar surface area (TPSA) is 88.1 Å². The van der Waals surface area contributed by atoms with Gasteiger partial charge in [-0.25, -0.2) is 4.79 Å². The van der Waals surface area contributed by atoms with Gasteiger partial charge in [0.05, 0.1) is 36.5 Å². The average Bonchev–Trinajstić information content (AvgIpc) is 2.97. The molecule has 0 saturated heterocycles. The maximum Gasteiger partial charge on any atom is 0.379 e. The second-order valence-electron chi connectivity index (χ2n) is 5.95. The number of aromatic nitrogens is 2. The molecule has 138 valence electrons. The number of hydrogen-bond acceptors (Lipinski definition) is 4. The number of hydrogen-bond donors (Lipinski definition) is 1.